The van der Waals surface area contributed by atoms with Crippen LogP contribution in [0.2, 0.25) is 0 Å². The minimum Gasteiger partial charge on any atom is -0.481 e. The topological polar surface area (TPSA) is 44.8 Å². The standard InChI is InChI=1S/C22H28FN3O2/c1-18(24-22(27)17-28-21-10-6-5-9-20(21)23)11-12-25-13-15-26(16-14-25)19-7-3-2-4-8-19/h2-10,18H,11-17H2,1H3,(H,24,27)/t18-/m1/s1. The summed E-state index contributed by atoms with van der Waals surface area (Å²) in [4.78, 5) is 16.8. The molecule has 28 heavy (non-hydrogen) atoms. The van der Waals surface area contributed by atoms with Gasteiger partial charge in [0.1, 0.15) is 0 Å². The molecule has 5 nitrogen and oxygen atoms in total. The van der Waals surface area contributed by atoms with Crippen molar-refractivity contribution in [2.45, 2.75) is 19.4 Å². The molecule has 2 aromatic carbocycles. The largest absolute Gasteiger partial charge is 0.481 e. The summed E-state index contributed by atoms with van der Waals surface area (Å²) in [5.74, 6) is -0.593. The van der Waals surface area contributed by atoms with Gasteiger partial charge in [0.15, 0.2) is 18.2 Å². The van der Waals surface area contributed by atoms with Crippen molar-refractivity contribution in [1.82, 2.24) is 10.2 Å². The van der Waals surface area contributed by atoms with Crippen molar-refractivity contribution >= 4 is 11.6 Å². The Morgan fingerprint density at radius 2 is 1.75 bits per heavy atom. The number of nitrogens with zero attached hydrogens (tertiary/aromatic N) is 2. The second-order valence-corrected chi connectivity index (χ2v) is 7.14. The van der Waals surface area contributed by atoms with Gasteiger partial charge in [-0.3, -0.25) is 9.69 Å². The monoisotopic (exact) mass is 385 g/mol. The highest BCUT2D eigenvalue weighted by molar-refractivity contribution is 5.77. The van der Waals surface area contributed by atoms with Crippen LogP contribution in [0, 0.1) is 5.82 Å². The maximum atomic E-state index is 13.5. The highest BCUT2D eigenvalue weighted by Gasteiger charge is 2.18. The molecule has 3 rings (SSSR count). The first-order valence-electron chi connectivity index (χ1n) is 9.81. The van der Waals surface area contributed by atoms with Gasteiger partial charge in [0.25, 0.3) is 5.91 Å². The fourth-order valence-electron chi connectivity index (χ4n) is 3.34. The van der Waals surface area contributed by atoms with Crippen LogP contribution in [0.1, 0.15) is 13.3 Å². The molecule has 1 fully saturated rings. The van der Waals surface area contributed by atoms with Crippen molar-refractivity contribution in [3.63, 3.8) is 0 Å². The predicted octanol–water partition coefficient (Wildman–Crippen LogP) is 2.92. The van der Waals surface area contributed by atoms with Gasteiger partial charge in [-0.05, 0) is 37.6 Å². The first kappa shape index (κ1) is 20.1. The summed E-state index contributed by atoms with van der Waals surface area (Å²) >= 11 is 0. The van der Waals surface area contributed by atoms with Crippen LogP contribution in [0.5, 0.6) is 5.75 Å². The number of carbonyl (C=O) groups excluding carboxylic acids is 1. The lowest BCUT2D eigenvalue weighted by Crippen LogP contribution is -2.47. The zero-order valence-corrected chi connectivity index (χ0v) is 16.3. The number of carbonyl (C=O) groups is 1. The summed E-state index contributed by atoms with van der Waals surface area (Å²) in [6.45, 7) is 6.82. The van der Waals surface area contributed by atoms with Gasteiger partial charge in [0.05, 0.1) is 0 Å². The number of halogens is 1. The Labute approximate surface area is 166 Å². The van der Waals surface area contributed by atoms with E-state index in [0.29, 0.717) is 0 Å². The van der Waals surface area contributed by atoms with E-state index in [0.717, 1.165) is 39.1 Å². The van der Waals surface area contributed by atoms with E-state index in [4.69, 9.17) is 4.74 Å². The second kappa shape index (κ2) is 10.1. The molecule has 1 amide bonds. The second-order valence-electron chi connectivity index (χ2n) is 7.14. The molecule has 6 heteroatoms. The van der Waals surface area contributed by atoms with Crippen molar-refractivity contribution in [3.05, 3.63) is 60.4 Å². The Morgan fingerprint density at radius 1 is 1.07 bits per heavy atom. The highest BCUT2D eigenvalue weighted by Crippen LogP contribution is 2.16. The number of piperazine rings is 1. The number of hydrogen-bond acceptors (Lipinski definition) is 4. The molecule has 0 unspecified atom stereocenters. The summed E-state index contributed by atoms with van der Waals surface area (Å²) in [7, 11) is 0. The SMILES string of the molecule is C[C@H](CCN1CCN(c2ccccc2)CC1)NC(=O)COc1ccccc1F. The summed E-state index contributed by atoms with van der Waals surface area (Å²) in [6.07, 6.45) is 0.872. The molecule has 0 aliphatic carbocycles. The Hall–Kier alpha value is -2.60. The van der Waals surface area contributed by atoms with Gasteiger partial charge in [-0.1, -0.05) is 30.3 Å². The third-order valence-electron chi connectivity index (χ3n) is 4.97. The number of rotatable bonds is 8. The molecule has 0 aromatic heterocycles. The molecule has 1 heterocycles. The molecule has 1 saturated heterocycles. The smallest absolute Gasteiger partial charge is 0.258 e. The molecule has 0 bridgehead atoms. The summed E-state index contributed by atoms with van der Waals surface area (Å²) in [5.41, 5.74) is 1.28. The lowest BCUT2D eigenvalue weighted by atomic mass is 10.2. The molecular formula is C22H28FN3O2. The third-order valence-corrected chi connectivity index (χ3v) is 4.97. The number of ether oxygens (including phenoxy) is 1. The molecule has 0 saturated carbocycles. The van der Waals surface area contributed by atoms with Crippen LogP contribution >= 0.6 is 0 Å². The van der Waals surface area contributed by atoms with Gasteiger partial charge in [-0.2, -0.15) is 0 Å². The van der Waals surface area contributed by atoms with E-state index in [-0.39, 0.29) is 24.3 Å². The average molecular weight is 385 g/mol. The molecule has 0 radical (unpaired) electrons. The van der Waals surface area contributed by atoms with Gasteiger partial charge in [-0.15, -0.1) is 0 Å². The minimum atomic E-state index is -0.460. The van der Waals surface area contributed by atoms with Crippen molar-refractivity contribution in [2.24, 2.45) is 0 Å². The predicted molar refractivity (Wildman–Crippen MR) is 109 cm³/mol. The number of anilines is 1. The number of benzene rings is 2. The van der Waals surface area contributed by atoms with E-state index in [1.807, 2.05) is 13.0 Å². The molecule has 2 aromatic rings. The first-order chi connectivity index (χ1) is 13.6. The third kappa shape index (κ3) is 5.96. The van der Waals surface area contributed by atoms with Gasteiger partial charge in [0, 0.05) is 44.5 Å². The van der Waals surface area contributed by atoms with Gasteiger partial charge >= 0.3 is 0 Å². The number of para-hydroxylation sites is 2. The zero-order chi connectivity index (χ0) is 19.8. The lowest BCUT2D eigenvalue weighted by molar-refractivity contribution is -0.123. The zero-order valence-electron chi connectivity index (χ0n) is 16.3. The van der Waals surface area contributed by atoms with E-state index in [1.165, 1.54) is 17.8 Å². The van der Waals surface area contributed by atoms with Crippen molar-refractivity contribution in [2.75, 3.05) is 44.2 Å². The van der Waals surface area contributed by atoms with Crippen LogP contribution in [0.25, 0.3) is 0 Å². The van der Waals surface area contributed by atoms with Crippen LogP contribution in [0.4, 0.5) is 10.1 Å². The van der Waals surface area contributed by atoms with E-state index in [9.17, 15) is 9.18 Å². The molecule has 150 valence electrons. The minimum absolute atomic E-state index is 0.0453. The van der Waals surface area contributed by atoms with Gasteiger partial charge in [-0.25, -0.2) is 4.39 Å². The van der Waals surface area contributed by atoms with Gasteiger partial charge < -0.3 is 15.0 Å². The number of hydrogen-bond donors (Lipinski definition) is 1. The lowest BCUT2D eigenvalue weighted by Gasteiger charge is -2.36. The first-order valence-corrected chi connectivity index (χ1v) is 9.81. The van der Waals surface area contributed by atoms with E-state index >= 15 is 0 Å². The van der Waals surface area contributed by atoms with Crippen molar-refractivity contribution in [1.29, 1.82) is 0 Å². The number of amides is 1. The summed E-state index contributed by atoms with van der Waals surface area (Å²) in [6, 6.07) is 16.6. The molecule has 1 N–H and O–H groups in total. The van der Waals surface area contributed by atoms with E-state index in [2.05, 4.69) is 39.4 Å². The van der Waals surface area contributed by atoms with Crippen molar-refractivity contribution in [3.8, 4) is 5.75 Å². The van der Waals surface area contributed by atoms with E-state index < -0.39 is 5.82 Å². The quantitative estimate of drug-likeness (QED) is 0.759. The molecule has 0 spiro atoms. The normalized spacial score (nSPS) is 15.9. The fourth-order valence-corrected chi connectivity index (χ4v) is 3.34. The average Bonchev–Trinajstić information content (AvgIpc) is 2.73. The van der Waals surface area contributed by atoms with Crippen LogP contribution in [-0.4, -0.2) is 56.2 Å². The fraction of sp³-hybridized carbons (Fsp3) is 0.409. The Kier molecular flexibility index (Phi) is 7.25. The number of nitrogens with one attached hydrogen (secondary N) is 1. The summed E-state index contributed by atoms with van der Waals surface area (Å²) < 4.78 is 18.7. The maximum absolute atomic E-state index is 13.5. The van der Waals surface area contributed by atoms with Crippen LogP contribution < -0.4 is 15.0 Å². The molecule has 1 atom stereocenters. The van der Waals surface area contributed by atoms with E-state index in [1.54, 1.807) is 12.1 Å². The Morgan fingerprint density at radius 3 is 2.46 bits per heavy atom. The van der Waals surface area contributed by atoms with Gasteiger partial charge in [0.2, 0.25) is 0 Å². The molecule has 1 aliphatic rings. The van der Waals surface area contributed by atoms with Crippen LogP contribution in [0.3, 0.4) is 0 Å². The van der Waals surface area contributed by atoms with Crippen molar-refractivity contribution < 1.29 is 13.9 Å². The maximum Gasteiger partial charge on any atom is 0.258 e. The van der Waals surface area contributed by atoms with Crippen LogP contribution in [-0.2, 0) is 4.79 Å². The highest BCUT2D eigenvalue weighted by atomic mass is 19.1. The summed E-state index contributed by atoms with van der Waals surface area (Å²) in [5, 5.41) is 2.92. The molecule has 1 aliphatic heterocycles. The Bertz CT molecular complexity index is 748. The van der Waals surface area contributed by atoms with Crippen LogP contribution in [0.15, 0.2) is 54.6 Å². The molecular weight excluding hydrogens is 357 g/mol. The Balaban J connectivity index is 1.33.